The van der Waals surface area contributed by atoms with Gasteiger partial charge in [-0.15, -0.1) is 0 Å². The van der Waals surface area contributed by atoms with Crippen LogP contribution in [0, 0.1) is 0 Å². The molecule has 84 valence electrons. The van der Waals surface area contributed by atoms with Crippen LogP contribution in [0.15, 0.2) is 24.4 Å². The largest absolute Gasteiger partial charge is 0.495 e. The first-order valence-electron chi connectivity index (χ1n) is 4.77. The van der Waals surface area contributed by atoms with Crippen molar-refractivity contribution in [3.8, 4) is 5.75 Å². The number of hydrogen-bond acceptors (Lipinski definition) is 3. The number of carboxylic acids is 1. The van der Waals surface area contributed by atoms with Gasteiger partial charge in [0.2, 0.25) is 0 Å². The number of nitrogens with one attached hydrogen (secondary N) is 1. The fourth-order valence-corrected chi connectivity index (χ4v) is 1.71. The summed E-state index contributed by atoms with van der Waals surface area (Å²) >= 11 is 0. The van der Waals surface area contributed by atoms with E-state index in [9.17, 15) is 4.79 Å². The van der Waals surface area contributed by atoms with Crippen LogP contribution < -0.4 is 10.5 Å². The summed E-state index contributed by atoms with van der Waals surface area (Å²) in [5.74, 6) is -0.384. The highest BCUT2D eigenvalue weighted by molar-refractivity contribution is 5.92. The van der Waals surface area contributed by atoms with Gasteiger partial charge in [0.15, 0.2) is 0 Å². The summed E-state index contributed by atoms with van der Waals surface area (Å²) in [4.78, 5) is 13.8. The van der Waals surface area contributed by atoms with Crippen LogP contribution in [0.2, 0.25) is 0 Å². The number of para-hydroxylation sites is 1. The molecule has 1 unspecified atom stereocenters. The maximum absolute atomic E-state index is 10.8. The average molecular weight is 220 g/mol. The standard InChI is InChI=1S/C11H12N2O3/c1-16-8-4-2-3-6-7(5-13-10(6)8)9(12)11(14)15/h2-5,9,13H,12H2,1H3,(H,14,15). The molecule has 1 aromatic carbocycles. The number of nitrogens with two attached hydrogens (primary N) is 1. The van der Waals surface area contributed by atoms with Gasteiger partial charge in [-0.25, -0.2) is 0 Å². The summed E-state index contributed by atoms with van der Waals surface area (Å²) < 4.78 is 5.16. The van der Waals surface area contributed by atoms with E-state index in [-0.39, 0.29) is 0 Å². The lowest BCUT2D eigenvalue weighted by atomic mass is 10.1. The Hall–Kier alpha value is -2.01. The molecule has 0 aliphatic heterocycles. The topological polar surface area (TPSA) is 88.3 Å². The van der Waals surface area contributed by atoms with Crippen LogP contribution in [0.25, 0.3) is 10.9 Å². The normalized spacial score (nSPS) is 12.6. The first-order valence-corrected chi connectivity index (χ1v) is 4.77. The lowest BCUT2D eigenvalue weighted by Gasteiger charge is -2.05. The van der Waals surface area contributed by atoms with Crippen molar-refractivity contribution in [1.82, 2.24) is 4.98 Å². The van der Waals surface area contributed by atoms with Gasteiger partial charge in [-0.2, -0.15) is 0 Å². The Morgan fingerprint density at radius 3 is 2.94 bits per heavy atom. The first-order chi connectivity index (χ1) is 7.65. The molecule has 0 fully saturated rings. The van der Waals surface area contributed by atoms with E-state index in [0.717, 1.165) is 10.9 Å². The molecule has 0 saturated heterocycles. The lowest BCUT2D eigenvalue weighted by molar-refractivity contribution is -0.138. The molecule has 2 rings (SSSR count). The van der Waals surface area contributed by atoms with Crippen molar-refractivity contribution >= 4 is 16.9 Å². The molecule has 1 aromatic heterocycles. The molecule has 0 amide bonds. The molecule has 16 heavy (non-hydrogen) atoms. The van der Waals surface area contributed by atoms with Crippen LogP contribution in [0.5, 0.6) is 5.75 Å². The Bertz CT molecular complexity index is 533. The molecule has 0 bridgehead atoms. The molecular weight excluding hydrogens is 208 g/mol. The zero-order chi connectivity index (χ0) is 11.7. The number of aromatic amines is 1. The fourth-order valence-electron chi connectivity index (χ4n) is 1.71. The molecule has 0 saturated carbocycles. The van der Waals surface area contributed by atoms with Crippen LogP contribution in [-0.4, -0.2) is 23.2 Å². The number of carbonyl (C=O) groups is 1. The summed E-state index contributed by atoms with van der Waals surface area (Å²) in [5, 5.41) is 9.64. The third-order valence-corrected chi connectivity index (χ3v) is 2.53. The van der Waals surface area contributed by atoms with E-state index in [1.807, 2.05) is 6.07 Å². The van der Waals surface area contributed by atoms with Crippen molar-refractivity contribution in [2.75, 3.05) is 7.11 Å². The number of aliphatic carboxylic acids is 1. The Labute approximate surface area is 91.8 Å². The van der Waals surface area contributed by atoms with Gasteiger partial charge in [-0.3, -0.25) is 4.79 Å². The lowest BCUT2D eigenvalue weighted by Crippen LogP contribution is -2.20. The fraction of sp³-hybridized carbons (Fsp3) is 0.182. The molecule has 2 aromatic rings. The third kappa shape index (κ3) is 1.51. The number of H-pyrrole nitrogens is 1. The quantitative estimate of drug-likeness (QED) is 0.726. The van der Waals surface area contributed by atoms with Crippen molar-refractivity contribution < 1.29 is 14.6 Å². The number of ether oxygens (including phenoxy) is 1. The van der Waals surface area contributed by atoms with Crippen molar-refractivity contribution in [2.24, 2.45) is 5.73 Å². The van der Waals surface area contributed by atoms with E-state index >= 15 is 0 Å². The number of fused-ring (bicyclic) bond motifs is 1. The molecule has 0 radical (unpaired) electrons. The van der Waals surface area contributed by atoms with Crippen molar-refractivity contribution in [2.45, 2.75) is 6.04 Å². The number of aromatic nitrogens is 1. The van der Waals surface area contributed by atoms with E-state index in [4.69, 9.17) is 15.6 Å². The highest BCUT2D eigenvalue weighted by Gasteiger charge is 2.19. The van der Waals surface area contributed by atoms with Gasteiger partial charge >= 0.3 is 5.97 Å². The zero-order valence-corrected chi connectivity index (χ0v) is 8.73. The summed E-state index contributed by atoms with van der Waals surface area (Å²) in [6.45, 7) is 0. The maximum Gasteiger partial charge on any atom is 0.325 e. The summed E-state index contributed by atoms with van der Waals surface area (Å²) in [6, 6.07) is 4.38. The van der Waals surface area contributed by atoms with Gasteiger partial charge in [0.25, 0.3) is 0 Å². The molecule has 4 N–H and O–H groups in total. The molecule has 0 aliphatic carbocycles. The van der Waals surface area contributed by atoms with Crippen molar-refractivity contribution in [1.29, 1.82) is 0 Å². The number of rotatable bonds is 3. The highest BCUT2D eigenvalue weighted by Crippen LogP contribution is 2.29. The Kier molecular flexibility index (Phi) is 2.54. The minimum Gasteiger partial charge on any atom is -0.495 e. The zero-order valence-electron chi connectivity index (χ0n) is 8.73. The second-order valence-electron chi connectivity index (χ2n) is 3.44. The van der Waals surface area contributed by atoms with Gasteiger partial charge < -0.3 is 20.6 Å². The SMILES string of the molecule is COc1cccc2c(C(N)C(=O)O)c[nH]c12. The Morgan fingerprint density at radius 2 is 2.31 bits per heavy atom. The van der Waals surface area contributed by atoms with E-state index in [1.54, 1.807) is 25.4 Å². The van der Waals surface area contributed by atoms with Crippen LogP contribution in [0.1, 0.15) is 11.6 Å². The third-order valence-electron chi connectivity index (χ3n) is 2.53. The first kappa shape index (κ1) is 10.5. The number of benzene rings is 1. The van der Waals surface area contributed by atoms with Gasteiger partial charge in [0.1, 0.15) is 11.8 Å². The van der Waals surface area contributed by atoms with Gasteiger partial charge in [0, 0.05) is 17.1 Å². The van der Waals surface area contributed by atoms with E-state index in [0.29, 0.717) is 11.3 Å². The van der Waals surface area contributed by atoms with E-state index in [2.05, 4.69) is 4.98 Å². The van der Waals surface area contributed by atoms with Gasteiger partial charge in [0.05, 0.1) is 12.6 Å². The number of methoxy groups -OCH3 is 1. The summed E-state index contributed by atoms with van der Waals surface area (Å²) in [6.07, 6.45) is 1.60. The predicted molar refractivity (Wildman–Crippen MR) is 59.4 cm³/mol. The number of carboxylic acid groups (broad SMARTS) is 1. The Balaban J connectivity index is 2.61. The minimum atomic E-state index is -1.05. The van der Waals surface area contributed by atoms with Crippen LogP contribution in [0.3, 0.4) is 0 Å². The Morgan fingerprint density at radius 1 is 1.56 bits per heavy atom. The molecule has 0 aliphatic rings. The molecule has 1 heterocycles. The molecule has 5 heteroatoms. The molecule has 1 atom stereocenters. The van der Waals surface area contributed by atoms with Crippen LogP contribution >= 0.6 is 0 Å². The van der Waals surface area contributed by atoms with Crippen molar-refractivity contribution in [3.05, 3.63) is 30.0 Å². The second kappa shape index (κ2) is 3.86. The van der Waals surface area contributed by atoms with Gasteiger partial charge in [-0.05, 0) is 6.07 Å². The van der Waals surface area contributed by atoms with Crippen molar-refractivity contribution in [3.63, 3.8) is 0 Å². The summed E-state index contributed by atoms with van der Waals surface area (Å²) in [7, 11) is 1.56. The van der Waals surface area contributed by atoms with Crippen LogP contribution in [0.4, 0.5) is 0 Å². The van der Waals surface area contributed by atoms with Crippen LogP contribution in [-0.2, 0) is 4.79 Å². The highest BCUT2D eigenvalue weighted by atomic mass is 16.5. The van der Waals surface area contributed by atoms with Gasteiger partial charge in [-0.1, -0.05) is 12.1 Å². The predicted octanol–water partition coefficient (Wildman–Crippen LogP) is 1.26. The molecule has 0 spiro atoms. The second-order valence-corrected chi connectivity index (χ2v) is 3.44. The molecular formula is C11H12N2O3. The van der Waals surface area contributed by atoms with E-state index in [1.165, 1.54) is 0 Å². The average Bonchev–Trinajstić information content (AvgIpc) is 2.71. The molecule has 5 nitrogen and oxygen atoms in total. The minimum absolute atomic E-state index is 0.557. The maximum atomic E-state index is 10.8. The summed E-state index contributed by atoms with van der Waals surface area (Å²) in [5.41, 5.74) is 6.90. The smallest absolute Gasteiger partial charge is 0.325 e. The number of hydrogen-bond donors (Lipinski definition) is 3. The monoisotopic (exact) mass is 220 g/mol. The van der Waals surface area contributed by atoms with E-state index < -0.39 is 12.0 Å².